The van der Waals surface area contributed by atoms with Crippen LogP contribution >= 0.6 is 15.9 Å². The second-order valence-electron chi connectivity index (χ2n) is 3.67. The Morgan fingerprint density at radius 1 is 1.59 bits per heavy atom. The lowest BCUT2D eigenvalue weighted by Gasteiger charge is -2.19. The van der Waals surface area contributed by atoms with E-state index in [1.54, 1.807) is 25.3 Å². The van der Waals surface area contributed by atoms with Gasteiger partial charge in [0.25, 0.3) is 0 Å². The Kier molecular flexibility index (Phi) is 5.44. The van der Waals surface area contributed by atoms with Crippen LogP contribution in [0.2, 0.25) is 0 Å². The van der Waals surface area contributed by atoms with Gasteiger partial charge < -0.3 is 15.2 Å². The normalized spacial score (nSPS) is 12.2. The zero-order valence-electron chi connectivity index (χ0n) is 9.87. The zero-order valence-corrected chi connectivity index (χ0v) is 11.5. The maximum atomic E-state index is 11.2. The fourth-order valence-electron chi connectivity index (χ4n) is 1.54. The van der Waals surface area contributed by atoms with E-state index >= 15 is 0 Å². The van der Waals surface area contributed by atoms with Crippen LogP contribution in [0.4, 0.5) is 5.69 Å². The second-order valence-corrected chi connectivity index (χ2v) is 4.53. The first-order valence-corrected chi connectivity index (χ1v) is 6.16. The van der Waals surface area contributed by atoms with E-state index in [1.165, 1.54) is 0 Å². The Morgan fingerprint density at radius 3 is 2.82 bits per heavy atom. The fourth-order valence-corrected chi connectivity index (χ4v) is 2.08. The van der Waals surface area contributed by atoms with Crippen LogP contribution in [0, 0.1) is 0 Å². The number of carboxylic acids is 1. The summed E-state index contributed by atoms with van der Waals surface area (Å²) in [5.41, 5.74) is 0.859. The first kappa shape index (κ1) is 14.0. The minimum absolute atomic E-state index is 0.104. The molecular formula is C12H16BrNO3. The summed E-state index contributed by atoms with van der Waals surface area (Å²) in [6.07, 6.45) is 0.861. The van der Waals surface area contributed by atoms with Gasteiger partial charge in [-0.15, -0.1) is 0 Å². The summed E-state index contributed by atoms with van der Waals surface area (Å²) in [4.78, 5) is 11.2. The SMILES string of the molecule is CCC(COC)Nc1cccc(Br)c1C(=O)O. The molecule has 94 valence electrons. The number of halogens is 1. The quantitative estimate of drug-likeness (QED) is 0.848. The highest BCUT2D eigenvalue weighted by Gasteiger charge is 2.16. The lowest BCUT2D eigenvalue weighted by atomic mass is 10.1. The average molecular weight is 302 g/mol. The van der Waals surface area contributed by atoms with Crippen molar-refractivity contribution in [2.24, 2.45) is 0 Å². The van der Waals surface area contributed by atoms with Crippen molar-refractivity contribution >= 4 is 27.6 Å². The maximum Gasteiger partial charge on any atom is 0.338 e. The van der Waals surface area contributed by atoms with Crippen molar-refractivity contribution in [2.45, 2.75) is 19.4 Å². The molecule has 0 saturated carbocycles. The van der Waals surface area contributed by atoms with Crippen molar-refractivity contribution < 1.29 is 14.6 Å². The second kappa shape index (κ2) is 6.61. The van der Waals surface area contributed by atoms with Gasteiger partial charge in [-0.05, 0) is 34.5 Å². The Labute approximate surface area is 109 Å². The van der Waals surface area contributed by atoms with E-state index in [0.29, 0.717) is 16.8 Å². The molecule has 0 fully saturated rings. The number of carbonyl (C=O) groups is 1. The molecule has 0 radical (unpaired) electrons. The molecule has 0 aromatic heterocycles. The van der Waals surface area contributed by atoms with E-state index in [0.717, 1.165) is 6.42 Å². The highest BCUT2D eigenvalue weighted by atomic mass is 79.9. The molecule has 1 aromatic carbocycles. The number of hydrogen-bond acceptors (Lipinski definition) is 3. The van der Waals surface area contributed by atoms with Gasteiger partial charge in [-0.2, -0.15) is 0 Å². The molecule has 1 rings (SSSR count). The largest absolute Gasteiger partial charge is 0.478 e. The first-order valence-electron chi connectivity index (χ1n) is 5.37. The summed E-state index contributed by atoms with van der Waals surface area (Å²) in [6, 6.07) is 5.38. The number of carboxylic acid groups (broad SMARTS) is 1. The van der Waals surface area contributed by atoms with Gasteiger partial charge in [0.2, 0.25) is 0 Å². The van der Waals surface area contributed by atoms with Gasteiger partial charge in [-0.3, -0.25) is 0 Å². The predicted octanol–water partition coefficient (Wildman–Crippen LogP) is 2.98. The number of nitrogens with one attached hydrogen (secondary N) is 1. The number of rotatable bonds is 6. The molecule has 5 heteroatoms. The number of methoxy groups -OCH3 is 1. The number of ether oxygens (including phenoxy) is 1. The van der Waals surface area contributed by atoms with Crippen LogP contribution in [-0.2, 0) is 4.74 Å². The summed E-state index contributed by atoms with van der Waals surface area (Å²) in [5, 5.41) is 12.3. The van der Waals surface area contributed by atoms with E-state index in [4.69, 9.17) is 9.84 Å². The third-order valence-electron chi connectivity index (χ3n) is 2.45. The van der Waals surface area contributed by atoms with Crippen LogP contribution in [-0.4, -0.2) is 30.8 Å². The fraction of sp³-hybridized carbons (Fsp3) is 0.417. The van der Waals surface area contributed by atoms with E-state index in [-0.39, 0.29) is 11.6 Å². The number of benzene rings is 1. The van der Waals surface area contributed by atoms with Gasteiger partial charge in [0, 0.05) is 17.6 Å². The molecule has 0 aliphatic carbocycles. The molecule has 0 spiro atoms. The number of aromatic carboxylic acids is 1. The van der Waals surface area contributed by atoms with E-state index in [2.05, 4.69) is 21.2 Å². The first-order chi connectivity index (χ1) is 8.10. The topological polar surface area (TPSA) is 58.6 Å². The zero-order chi connectivity index (χ0) is 12.8. The Morgan fingerprint density at radius 2 is 2.29 bits per heavy atom. The van der Waals surface area contributed by atoms with E-state index in [1.807, 2.05) is 6.92 Å². The van der Waals surface area contributed by atoms with Crippen molar-refractivity contribution in [1.82, 2.24) is 0 Å². The lowest BCUT2D eigenvalue weighted by molar-refractivity contribution is 0.0697. The van der Waals surface area contributed by atoms with Crippen LogP contribution in [0.25, 0.3) is 0 Å². The molecule has 0 aliphatic rings. The molecule has 0 amide bonds. The monoisotopic (exact) mass is 301 g/mol. The van der Waals surface area contributed by atoms with Crippen LogP contribution in [0.15, 0.2) is 22.7 Å². The van der Waals surface area contributed by atoms with Crippen molar-refractivity contribution in [3.8, 4) is 0 Å². The summed E-state index contributed by atoms with van der Waals surface area (Å²) >= 11 is 3.25. The Balaban J connectivity index is 2.97. The summed E-state index contributed by atoms with van der Waals surface area (Å²) in [5.74, 6) is -0.952. The molecule has 2 N–H and O–H groups in total. The van der Waals surface area contributed by atoms with E-state index < -0.39 is 5.97 Å². The number of hydrogen-bond donors (Lipinski definition) is 2. The van der Waals surface area contributed by atoms with Crippen molar-refractivity contribution in [1.29, 1.82) is 0 Å². The number of anilines is 1. The molecule has 17 heavy (non-hydrogen) atoms. The molecule has 1 aromatic rings. The molecule has 0 aliphatic heterocycles. The Bertz CT molecular complexity index is 395. The van der Waals surface area contributed by atoms with Gasteiger partial charge >= 0.3 is 5.97 Å². The summed E-state index contributed by atoms with van der Waals surface area (Å²) in [7, 11) is 1.63. The third-order valence-corrected chi connectivity index (χ3v) is 3.11. The maximum absolute atomic E-state index is 11.2. The standard InChI is InChI=1S/C12H16BrNO3/c1-3-8(7-17-2)14-10-6-4-5-9(13)11(10)12(15)16/h4-6,8,14H,3,7H2,1-2H3,(H,15,16). The predicted molar refractivity (Wildman–Crippen MR) is 70.7 cm³/mol. The van der Waals surface area contributed by atoms with Gasteiger partial charge in [0.05, 0.1) is 17.9 Å². The van der Waals surface area contributed by atoms with Gasteiger partial charge in [-0.25, -0.2) is 4.79 Å². The van der Waals surface area contributed by atoms with Gasteiger partial charge in [-0.1, -0.05) is 13.0 Å². The third kappa shape index (κ3) is 3.71. The minimum atomic E-state index is -0.952. The minimum Gasteiger partial charge on any atom is -0.478 e. The highest BCUT2D eigenvalue weighted by molar-refractivity contribution is 9.10. The van der Waals surface area contributed by atoms with Crippen LogP contribution in [0.3, 0.4) is 0 Å². The summed E-state index contributed by atoms with van der Waals surface area (Å²) < 4.78 is 5.65. The van der Waals surface area contributed by atoms with Crippen molar-refractivity contribution in [3.05, 3.63) is 28.2 Å². The van der Waals surface area contributed by atoms with Crippen LogP contribution < -0.4 is 5.32 Å². The molecule has 1 unspecified atom stereocenters. The van der Waals surface area contributed by atoms with Gasteiger partial charge in [0.15, 0.2) is 0 Å². The molecule has 4 nitrogen and oxygen atoms in total. The molecule has 1 atom stereocenters. The Hall–Kier alpha value is -1.07. The summed E-state index contributed by atoms with van der Waals surface area (Å²) in [6.45, 7) is 2.57. The van der Waals surface area contributed by atoms with E-state index in [9.17, 15) is 4.79 Å². The molecule has 0 saturated heterocycles. The van der Waals surface area contributed by atoms with Gasteiger partial charge in [0.1, 0.15) is 0 Å². The average Bonchev–Trinajstić information content (AvgIpc) is 2.28. The highest BCUT2D eigenvalue weighted by Crippen LogP contribution is 2.25. The van der Waals surface area contributed by atoms with Crippen molar-refractivity contribution in [3.63, 3.8) is 0 Å². The van der Waals surface area contributed by atoms with Crippen LogP contribution in [0.1, 0.15) is 23.7 Å². The lowest BCUT2D eigenvalue weighted by Crippen LogP contribution is -2.25. The molecule has 0 heterocycles. The smallest absolute Gasteiger partial charge is 0.338 e. The molecular weight excluding hydrogens is 286 g/mol. The van der Waals surface area contributed by atoms with Crippen LogP contribution in [0.5, 0.6) is 0 Å². The van der Waals surface area contributed by atoms with Crippen molar-refractivity contribution in [2.75, 3.05) is 19.0 Å². The molecule has 0 bridgehead atoms.